The summed E-state index contributed by atoms with van der Waals surface area (Å²) < 4.78 is 0. The Morgan fingerprint density at radius 2 is 1.84 bits per heavy atom. The molecular formula is C14H10Cl2N2S. The topological polar surface area (TPSA) is 28.7 Å². The maximum Gasteiger partial charge on any atom is 0.139 e. The van der Waals surface area contributed by atoms with Gasteiger partial charge in [-0.1, -0.05) is 35.0 Å². The van der Waals surface area contributed by atoms with Gasteiger partial charge in [-0.25, -0.2) is 4.98 Å². The molecule has 0 amide bonds. The SMILES string of the molecule is Cc1[nH]c2ccnc(Cl)c2c1Sc1ccc(Cl)cc1. The average molecular weight is 309 g/mol. The number of aromatic amines is 1. The molecule has 1 N–H and O–H groups in total. The second-order valence-corrected chi connectivity index (χ2v) is 6.04. The van der Waals surface area contributed by atoms with Gasteiger partial charge in [0, 0.05) is 26.7 Å². The van der Waals surface area contributed by atoms with Crippen LogP contribution in [-0.4, -0.2) is 9.97 Å². The van der Waals surface area contributed by atoms with Crippen molar-refractivity contribution in [3.8, 4) is 0 Å². The molecule has 0 spiro atoms. The van der Waals surface area contributed by atoms with Gasteiger partial charge in [-0.05, 0) is 37.3 Å². The molecule has 3 rings (SSSR count). The number of nitrogens with zero attached hydrogens (tertiary/aromatic N) is 1. The van der Waals surface area contributed by atoms with Crippen molar-refractivity contribution in [3.63, 3.8) is 0 Å². The Kier molecular flexibility index (Phi) is 3.44. The Morgan fingerprint density at radius 3 is 2.58 bits per heavy atom. The summed E-state index contributed by atoms with van der Waals surface area (Å²) in [6, 6.07) is 9.69. The fraction of sp³-hybridized carbons (Fsp3) is 0.0714. The van der Waals surface area contributed by atoms with Crippen LogP contribution < -0.4 is 0 Å². The summed E-state index contributed by atoms with van der Waals surface area (Å²) in [5, 5.41) is 2.24. The third kappa shape index (κ3) is 2.46. The van der Waals surface area contributed by atoms with Crippen molar-refractivity contribution in [2.45, 2.75) is 16.7 Å². The van der Waals surface area contributed by atoms with Gasteiger partial charge >= 0.3 is 0 Å². The van der Waals surface area contributed by atoms with E-state index < -0.39 is 0 Å². The molecular weight excluding hydrogens is 299 g/mol. The van der Waals surface area contributed by atoms with Gasteiger partial charge in [0.15, 0.2) is 0 Å². The van der Waals surface area contributed by atoms with Gasteiger partial charge in [0.1, 0.15) is 5.15 Å². The summed E-state index contributed by atoms with van der Waals surface area (Å²) >= 11 is 13.8. The smallest absolute Gasteiger partial charge is 0.139 e. The maximum absolute atomic E-state index is 6.20. The Labute approximate surface area is 125 Å². The lowest BCUT2D eigenvalue weighted by molar-refractivity contribution is 1.23. The van der Waals surface area contributed by atoms with Gasteiger partial charge in [0.25, 0.3) is 0 Å². The lowest BCUT2D eigenvalue weighted by Crippen LogP contribution is -1.78. The van der Waals surface area contributed by atoms with E-state index in [2.05, 4.69) is 9.97 Å². The molecule has 2 nitrogen and oxygen atoms in total. The summed E-state index contributed by atoms with van der Waals surface area (Å²) in [5.74, 6) is 0. The number of hydrogen-bond donors (Lipinski definition) is 1. The van der Waals surface area contributed by atoms with Crippen molar-refractivity contribution in [2.24, 2.45) is 0 Å². The summed E-state index contributed by atoms with van der Waals surface area (Å²) in [4.78, 5) is 9.70. The van der Waals surface area contributed by atoms with Crippen LogP contribution in [0.3, 0.4) is 0 Å². The minimum atomic E-state index is 0.526. The Morgan fingerprint density at radius 1 is 1.11 bits per heavy atom. The number of rotatable bonds is 2. The number of aromatic nitrogens is 2. The molecule has 0 atom stereocenters. The Hall–Kier alpha value is -1.16. The van der Waals surface area contributed by atoms with Crippen molar-refractivity contribution in [2.75, 3.05) is 0 Å². The third-order valence-corrected chi connectivity index (χ3v) is 4.59. The number of aryl methyl sites for hydroxylation is 1. The first-order valence-corrected chi connectivity index (χ1v) is 7.28. The van der Waals surface area contributed by atoms with Crippen molar-refractivity contribution in [1.82, 2.24) is 9.97 Å². The minimum Gasteiger partial charge on any atom is -0.358 e. The van der Waals surface area contributed by atoms with E-state index in [0.717, 1.165) is 31.4 Å². The molecule has 5 heteroatoms. The van der Waals surface area contributed by atoms with Gasteiger partial charge in [0.05, 0.1) is 10.9 Å². The minimum absolute atomic E-state index is 0.526. The largest absolute Gasteiger partial charge is 0.358 e. The molecule has 0 aliphatic carbocycles. The standard InChI is InChI=1S/C14H10Cl2N2S/c1-8-13(19-10-4-2-9(15)3-5-10)12-11(18-8)6-7-17-14(12)16/h2-7,18H,1H3. The van der Waals surface area contributed by atoms with E-state index in [1.807, 2.05) is 37.3 Å². The highest BCUT2D eigenvalue weighted by Gasteiger charge is 2.13. The van der Waals surface area contributed by atoms with Crippen LogP contribution in [0, 0.1) is 6.92 Å². The van der Waals surface area contributed by atoms with Crippen molar-refractivity contribution in [3.05, 3.63) is 52.4 Å². The predicted octanol–water partition coefficient (Wildman–Crippen LogP) is 5.33. The molecule has 3 aromatic rings. The van der Waals surface area contributed by atoms with Gasteiger partial charge < -0.3 is 4.98 Å². The monoisotopic (exact) mass is 308 g/mol. The zero-order valence-electron chi connectivity index (χ0n) is 10.1. The highest BCUT2D eigenvalue weighted by Crippen LogP contribution is 2.38. The van der Waals surface area contributed by atoms with Crippen LogP contribution in [0.1, 0.15) is 5.69 Å². The molecule has 0 bridgehead atoms. The number of pyridine rings is 1. The molecule has 0 unspecified atom stereocenters. The summed E-state index contributed by atoms with van der Waals surface area (Å²) in [6.45, 7) is 2.04. The van der Waals surface area contributed by atoms with Crippen molar-refractivity contribution in [1.29, 1.82) is 0 Å². The summed E-state index contributed by atoms with van der Waals surface area (Å²) in [5.41, 5.74) is 2.10. The van der Waals surface area contributed by atoms with Gasteiger partial charge in [0.2, 0.25) is 0 Å². The lowest BCUT2D eigenvalue weighted by Gasteiger charge is -2.02. The highest BCUT2D eigenvalue weighted by atomic mass is 35.5. The molecule has 96 valence electrons. The predicted molar refractivity (Wildman–Crippen MR) is 81.4 cm³/mol. The van der Waals surface area contributed by atoms with Crippen LogP contribution in [0.4, 0.5) is 0 Å². The Bertz CT molecular complexity index is 735. The first-order chi connectivity index (χ1) is 9.15. The number of benzene rings is 1. The molecule has 0 saturated heterocycles. The van der Waals surface area contributed by atoms with E-state index in [0.29, 0.717) is 5.15 Å². The van der Waals surface area contributed by atoms with Crippen LogP contribution in [0.5, 0.6) is 0 Å². The molecule has 0 saturated carbocycles. The third-order valence-electron chi connectivity index (χ3n) is 2.83. The van der Waals surface area contributed by atoms with E-state index in [4.69, 9.17) is 23.2 Å². The number of halogens is 2. The second-order valence-electron chi connectivity index (χ2n) is 4.16. The van der Waals surface area contributed by atoms with E-state index in [1.54, 1.807) is 18.0 Å². The highest BCUT2D eigenvalue weighted by molar-refractivity contribution is 7.99. The summed E-state index contributed by atoms with van der Waals surface area (Å²) in [7, 11) is 0. The average Bonchev–Trinajstić information content (AvgIpc) is 2.70. The Balaban J connectivity index is 2.09. The van der Waals surface area contributed by atoms with E-state index in [9.17, 15) is 0 Å². The molecule has 1 aromatic carbocycles. The second kappa shape index (κ2) is 5.08. The number of H-pyrrole nitrogens is 1. The first-order valence-electron chi connectivity index (χ1n) is 5.71. The van der Waals surface area contributed by atoms with Crippen LogP contribution in [0.15, 0.2) is 46.3 Å². The number of nitrogens with one attached hydrogen (secondary N) is 1. The first kappa shape index (κ1) is 12.9. The van der Waals surface area contributed by atoms with Gasteiger partial charge in [-0.15, -0.1) is 0 Å². The quantitative estimate of drug-likeness (QED) is 0.648. The molecule has 2 aromatic heterocycles. The normalized spacial score (nSPS) is 11.1. The molecule has 0 radical (unpaired) electrons. The lowest BCUT2D eigenvalue weighted by atomic mass is 10.3. The number of hydrogen-bond acceptors (Lipinski definition) is 2. The van der Waals surface area contributed by atoms with E-state index >= 15 is 0 Å². The van der Waals surface area contributed by atoms with Crippen LogP contribution in [0.25, 0.3) is 10.9 Å². The van der Waals surface area contributed by atoms with Crippen LogP contribution in [0.2, 0.25) is 10.2 Å². The van der Waals surface area contributed by atoms with E-state index in [1.165, 1.54) is 0 Å². The van der Waals surface area contributed by atoms with E-state index in [-0.39, 0.29) is 0 Å². The summed E-state index contributed by atoms with van der Waals surface area (Å²) in [6.07, 6.45) is 1.71. The zero-order valence-corrected chi connectivity index (χ0v) is 12.4. The van der Waals surface area contributed by atoms with Gasteiger partial charge in [-0.2, -0.15) is 0 Å². The molecule has 0 fully saturated rings. The molecule has 19 heavy (non-hydrogen) atoms. The van der Waals surface area contributed by atoms with Crippen molar-refractivity contribution >= 4 is 45.9 Å². The molecule has 0 aliphatic heterocycles. The fourth-order valence-electron chi connectivity index (χ4n) is 1.95. The fourth-order valence-corrected chi connectivity index (χ4v) is 3.41. The molecule has 0 aliphatic rings. The van der Waals surface area contributed by atoms with Gasteiger partial charge in [-0.3, -0.25) is 0 Å². The maximum atomic E-state index is 6.20. The molecule has 2 heterocycles. The van der Waals surface area contributed by atoms with Crippen LogP contribution in [-0.2, 0) is 0 Å². The zero-order chi connectivity index (χ0) is 13.4. The van der Waals surface area contributed by atoms with Crippen LogP contribution >= 0.6 is 35.0 Å². The number of fused-ring (bicyclic) bond motifs is 1. The van der Waals surface area contributed by atoms with Crippen molar-refractivity contribution < 1.29 is 0 Å².